The van der Waals surface area contributed by atoms with Gasteiger partial charge in [-0.1, -0.05) is 30.3 Å². The van der Waals surface area contributed by atoms with Gasteiger partial charge in [-0.05, 0) is 12.0 Å². The molecule has 1 heterocycles. The fourth-order valence-electron chi connectivity index (χ4n) is 1.54. The summed E-state index contributed by atoms with van der Waals surface area (Å²) in [4.78, 5) is 13.0. The van der Waals surface area contributed by atoms with Crippen molar-refractivity contribution in [3.05, 3.63) is 35.9 Å². The van der Waals surface area contributed by atoms with Crippen LogP contribution in [0.15, 0.2) is 30.3 Å². The number of ether oxygens (including phenoxy) is 2. The maximum atomic E-state index is 11.9. The molecule has 1 aliphatic heterocycles. The second-order valence-electron chi connectivity index (χ2n) is 3.71. The van der Waals surface area contributed by atoms with Crippen LogP contribution in [-0.4, -0.2) is 37.2 Å². The Kier molecular flexibility index (Phi) is 3.48. The molecule has 17 heavy (non-hydrogen) atoms. The second kappa shape index (κ2) is 6.25. The van der Waals surface area contributed by atoms with Gasteiger partial charge in [0.25, 0.3) is 0 Å². The topological polar surface area (TPSA) is 38.8 Å². The number of nitrogens with zero attached hydrogens (tertiary/aromatic N) is 1. The molecule has 4 nitrogen and oxygen atoms in total. The molecule has 0 N–H and O–H groups in total. The predicted octanol–water partition coefficient (Wildman–Crippen LogP) is 2.05. The van der Waals surface area contributed by atoms with Gasteiger partial charge in [0.05, 0.1) is 6.61 Å². The van der Waals surface area contributed by atoms with Crippen LogP contribution in [0.25, 0.3) is 0 Å². The lowest BCUT2D eigenvalue weighted by Crippen LogP contribution is -2.33. The first-order valence-electron chi connectivity index (χ1n) is 6.66. The first-order valence-corrected chi connectivity index (χ1v) is 5.66. The minimum Gasteiger partial charge on any atom is -0.445 e. The zero-order chi connectivity index (χ0) is 13.7. The minimum absolute atomic E-state index is 0.146. The number of benzene rings is 1. The Hall–Kier alpha value is -1.55. The predicted molar refractivity (Wildman–Crippen MR) is 63.6 cm³/mol. The van der Waals surface area contributed by atoms with Crippen LogP contribution in [0.1, 0.15) is 14.7 Å². The summed E-state index contributed by atoms with van der Waals surface area (Å²) in [6.07, 6.45) is -0.479. The molecule has 1 saturated heterocycles. The summed E-state index contributed by atoms with van der Waals surface area (Å²) in [5, 5.41) is 0. The quantitative estimate of drug-likeness (QED) is 0.790. The summed E-state index contributed by atoms with van der Waals surface area (Å²) in [5.74, 6) is 0. The van der Waals surface area contributed by atoms with Crippen LogP contribution in [0.2, 0.25) is 0 Å². The Morgan fingerprint density at radius 1 is 1.41 bits per heavy atom. The molecule has 0 saturated carbocycles. The second-order valence-corrected chi connectivity index (χ2v) is 3.71. The molecule has 2 rings (SSSR count). The van der Waals surface area contributed by atoms with Crippen molar-refractivity contribution in [2.45, 2.75) is 13.0 Å². The van der Waals surface area contributed by atoms with E-state index >= 15 is 0 Å². The van der Waals surface area contributed by atoms with Crippen LogP contribution in [0, 0.1) is 0 Å². The standard InChI is InChI=1S/C13H17NO3/c15-13(14-7-4-9-16-10-8-14)17-11-12-5-2-1-3-6-12/h1-3,5-6H,4,7-11H2/i7D2. The highest BCUT2D eigenvalue weighted by Gasteiger charge is 2.16. The number of carbonyl (C=O) groups excluding carboxylic acids is 1. The van der Waals surface area contributed by atoms with Crippen molar-refractivity contribution >= 4 is 6.09 Å². The van der Waals surface area contributed by atoms with Crippen molar-refractivity contribution in [1.29, 1.82) is 0 Å². The van der Waals surface area contributed by atoms with E-state index in [1.807, 2.05) is 30.3 Å². The van der Waals surface area contributed by atoms with E-state index < -0.39 is 12.6 Å². The zero-order valence-corrected chi connectivity index (χ0v) is 9.59. The third kappa shape index (κ3) is 3.75. The highest BCUT2D eigenvalue weighted by atomic mass is 16.6. The molecule has 1 aromatic carbocycles. The van der Waals surface area contributed by atoms with E-state index in [0.717, 1.165) is 10.5 Å². The fourth-order valence-corrected chi connectivity index (χ4v) is 1.54. The molecule has 0 aliphatic carbocycles. The first kappa shape index (κ1) is 9.48. The molecule has 4 heteroatoms. The van der Waals surface area contributed by atoms with Gasteiger partial charge < -0.3 is 14.4 Å². The number of rotatable bonds is 2. The van der Waals surface area contributed by atoms with Gasteiger partial charge in [-0.2, -0.15) is 0 Å². The lowest BCUT2D eigenvalue weighted by molar-refractivity contribution is 0.0917. The zero-order valence-electron chi connectivity index (χ0n) is 11.6. The van der Waals surface area contributed by atoms with Crippen LogP contribution < -0.4 is 0 Å². The Balaban J connectivity index is 1.94. The van der Waals surface area contributed by atoms with Gasteiger partial charge in [0.1, 0.15) is 6.61 Å². The van der Waals surface area contributed by atoms with E-state index in [4.69, 9.17) is 12.2 Å². The minimum atomic E-state index is -1.72. The average Bonchev–Trinajstić information content (AvgIpc) is 2.58. The van der Waals surface area contributed by atoms with Gasteiger partial charge in [0, 0.05) is 22.4 Å². The van der Waals surface area contributed by atoms with Crippen LogP contribution in [-0.2, 0) is 16.1 Å². The third-order valence-electron chi connectivity index (χ3n) is 2.43. The Morgan fingerprint density at radius 2 is 2.24 bits per heavy atom. The number of hydrogen-bond acceptors (Lipinski definition) is 3. The van der Waals surface area contributed by atoms with Gasteiger partial charge in [-0.3, -0.25) is 0 Å². The maximum Gasteiger partial charge on any atom is 0.410 e. The smallest absolute Gasteiger partial charge is 0.410 e. The van der Waals surface area contributed by atoms with E-state index in [9.17, 15) is 4.79 Å². The van der Waals surface area contributed by atoms with Crippen molar-refractivity contribution in [3.8, 4) is 0 Å². The molecular weight excluding hydrogens is 218 g/mol. The highest BCUT2D eigenvalue weighted by Crippen LogP contribution is 2.05. The van der Waals surface area contributed by atoms with Crippen molar-refractivity contribution < 1.29 is 17.0 Å². The van der Waals surface area contributed by atoms with Gasteiger partial charge in [0.2, 0.25) is 0 Å². The van der Waals surface area contributed by atoms with Crippen molar-refractivity contribution in [1.82, 2.24) is 4.90 Å². The Bertz CT molecular complexity index is 425. The highest BCUT2D eigenvalue weighted by molar-refractivity contribution is 5.67. The van der Waals surface area contributed by atoms with Crippen LogP contribution in [0.4, 0.5) is 4.79 Å². The summed E-state index contributed by atoms with van der Waals surface area (Å²) >= 11 is 0. The molecule has 1 fully saturated rings. The SMILES string of the molecule is [2H]C1([2H])CCOCCN1C(=O)OCc1ccccc1. The molecule has 1 aromatic rings. The van der Waals surface area contributed by atoms with E-state index in [0.29, 0.717) is 13.2 Å². The molecule has 0 bridgehead atoms. The molecule has 92 valence electrons. The normalized spacial score (nSPS) is 21.1. The molecule has 1 amide bonds. The maximum absolute atomic E-state index is 11.9. The van der Waals surface area contributed by atoms with E-state index in [1.165, 1.54) is 0 Å². The molecule has 0 radical (unpaired) electrons. The lowest BCUT2D eigenvalue weighted by atomic mass is 10.2. The summed E-state index contributed by atoms with van der Waals surface area (Å²) in [7, 11) is 0. The fraction of sp³-hybridized carbons (Fsp3) is 0.462. The molecule has 1 aliphatic rings. The molecule has 0 atom stereocenters. The van der Waals surface area contributed by atoms with Gasteiger partial charge in [-0.15, -0.1) is 0 Å². The van der Waals surface area contributed by atoms with Crippen LogP contribution in [0.5, 0.6) is 0 Å². The van der Waals surface area contributed by atoms with Crippen molar-refractivity contribution in [2.24, 2.45) is 0 Å². The number of hydrogen-bond donors (Lipinski definition) is 0. The summed E-state index contributed by atoms with van der Waals surface area (Å²) in [6.45, 7) is -0.715. The summed E-state index contributed by atoms with van der Waals surface area (Å²) < 4.78 is 26.0. The van der Waals surface area contributed by atoms with Crippen molar-refractivity contribution in [2.75, 3.05) is 26.3 Å². The van der Waals surface area contributed by atoms with Crippen molar-refractivity contribution in [3.63, 3.8) is 0 Å². The summed E-state index contributed by atoms with van der Waals surface area (Å²) in [5.41, 5.74) is 0.877. The molecular formula is C13H17NO3. The van der Waals surface area contributed by atoms with Crippen LogP contribution in [0.3, 0.4) is 0 Å². The number of amides is 1. The van der Waals surface area contributed by atoms with Gasteiger partial charge in [0.15, 0.2) is 0 Å². The molecule has 0 spiro atoms. The van der Waals surface area contributed by atoms with E-state index in [2.05, 4.69) is 0 Å². The monoisotopic (exact) mass is 237 g/mol. The van der Waals surface area contributed by atoms with E-state index in [-0.39, 0.29) is 19.6 Å². The lowest BCUT2D eigenvalue weighted by Gasteiger charge is -2.18. The number of carbonyl (C=O) groups is 1. The molecule has 0 aromatic heterocycles. The Labute approximate surface area is 104 Å². The average molecular weight is 237 g/mol. The molecule has 0 unspecified atom stereocenters. The van der Waals surface area contributed by atoms with Gasteiger partial charge >= 0.3 is 6.09 Å². The largest absolute Gasteiger partial charge is 0.445 e. The first-order chi connectivity index (χ1) is 9.09. The third-order valence-corrected chi connectivity index (χ3v) is 2.43. The van der Waals surface area contributed by atoms with E-state index in [1.54, 1.807) is 0 Å². The van der Waals surface area contributed by atoms with Crippen LogP contribution >= 0.6 is 0 Å². The summed E-state index contributed by atoms with van der Waals surface area (Å²) in [6, 6.07) is 9.32. The van der Waals surface area contributed by atoms with Gasteiger partial charge in [-0.25, -0.2) is 4.79 Å². The Morgan fingerprint density at radius 3 is 3.06 bits per heavy atom.